The van der Waals surface area contributed by atoms with Gasteiger partial charge in [-0.25, -0.2) is 8.42 Å². The minimum Gasteiger partial charge on any atom is -0.456 e. The van der Waals surface area contributed by atoms with Gasteiger partial charge in [0.05, 0.1) is 17.9 Å². The molecule has 0 atom stereocenters. The van der Waals surface area contributed by atoms with E-state index in [2.05, 4.69) is 5.48 Å². The van der Waals surface area contributed by atoms with Gasteiger partial charge in [0.15, 0.2) is 9.84 Å². The SMILES string of the molecule is O=S(=O)(CC1(NOCc2ccccc2)CCOCC1)c1ccccc1Oc1ccc(Cl)cc1. The third-order valence-corrected chi connectivity index (χ3v) is 7.70. The summed E-state index contributed by atoms with van der Waals surface area (Å²) >= 11 is 5.94. The Bertz CT molecular complexity index is 1150. The van der Waals surface area contributed by atoms with Crippen LogP contribution in [0.1, 0.15) is 18.4 Å². The van der Waals surface area contributed by atoms with Crippen LogP contribution in [0.5, 0.6) is 11.5 Å². The summed E-state index contributed by atoms with van der Waals surface area (Å²) in [6, 6.07) is 23.2. The van der Waals surface area contributed by atoms with Gasteiger partial charge in [0.2, 0.25) is 0 Å². The highest BCUT2D eigenvalue weighted by Crippen LogP contribution is 2.33. The zero-order valence-electron chi connectivity index (χ0n) is 18.1. The molecule has 0 spiro atoms. The van der Waals surface area contributed by atoms with Crippen molar-refractivity contribution in [2.24, 2.45) is 0 Å². The molecule has 174 valence electrons. The molecule has 0 aliphatic carbocycles. The first-order valence-electron chi connectivity index (χ1n) is 10.7. The summed E-state index contributed by atoms with van der Waals surface area (Å²) in [7, 11) is -3.72. The summed E-state index contributed by atoms with van der Waals surface area (Å²) in [5.41, 5.74) is 3.30. The van der Waals surface area contributed by atoms with Crippen LogP contribution in [0.3, 0.4) is 0 Å². The lowest BCUT2D eigenvalue weighted by atomic mass is 9.93. The number of benzene rings is 3. The van der Waals surface area contributed by atoms with Crippen molar-refractivity contribution in [1.29, 1.82) is 0 Å². The number of rotatable bonds is 9. The molecule has 1 fully saturated rings. The number of para-hydroxylation sites is 1. The average molecular weight is 488 g/mol. The average Bonchev–Trinajstić information content (AvgIpc) is 2.82. The molecule has 1 N–H and O–H groups in total. The van der Waals surface area contributed by atoms with Crippen LogP contribution >= 0.6 is 11.6 Å². The Hall–Kier alpha value is -2.42. The molecule has 0 bridgehead atoms. The Morgan fingerprint density at radius 2 is 1.58 bits per heavy atom. The van der Waals surface area contributed by atoms with E-state index in [9.17, 15) is 8.42 Å². The number of ether oxygens (including phenoxy) is 2. The normalized spacial score (nSPS) is 15.8. The smallest absolute Gasteiger partial charge is 0.183 e. The van der Waals surface area contributed by atoms with Gasteiger partial charge in [-0.05, 0) is 54.8 Å². The zero-order chi connectivity index (χ0) is 23.2. The topological polar surface area (TPSA) is 73.9 Å². The second kappa shape index (κ2) is 10.7. The van der Waals surface area contributed by atoms with E-state index in [1.54, 1.807) is 48.5 Å². The minimum atomic E-state index is -3.72. The lowest BCUT2D eigenvalue weighted by Crippen LogP contribution is -2.53. The van der Waals surface area contributed by atoms with Crippen molar-refractivity contribution in [3.8, 4) is 11.5 Å². The predicted octanol–water partition coefficient (Wildman–Crippen LogP) is 5.18. The maximum Gasteiger partial charge on any atom is 0.183 e. The molecule has 33 heavy (non-hydrogen) atoms. The van der Waals surface area contributed by atoms with Crippen LogP contribution in [-0.4, -0.2) is 32.9 Å². The van der Waals surface area contributed by atoms with Crippen molar-refractivity contribution in [3.63, 3.8) is 0 Å². The summed E-state index contributed by atoms with van der Waals surface area (Å²) < 4.78 is 38.5. The highest BCUT2D eigenvalue weighted by molar-refractivity contribution is 7.91. The number of halogens is 1. The van der Waals surface area contributed by atoms with Crippen molar-refractivity contribution in [3.05, 3.63) is 89.4 Å². The molecule has 1 saturated heterocycles. The Balaban J connectivity index is 1.53. The molecule has 0 saturated carbocycles. The van der Waals surface area contributed by atoms with Gasteiger partial charge in [0, 0.05) is 18.2 Å². The number of hydroxylamine groups is 1. The summed E-state index contributed by atoms with van der Waals surface area (Å²) in [4.78, 5) is 5.90. The lowest BCUT2D eigenvalue weighted by Gasteiger charge is -2.37. The number of hydrogen-bond acceptors (Lipinski definition) is 6. The standard InChI is InChI=1S/C25H26ClNO5S/c26-21-10-12-22(13-11-21)32-23-8-4-5-9-24(23)33(28,29)19-25(14-16-30-17-15-25)27-31-18-20-6-2-1-3-7-20/h1-13,27H,14-19H2. The molecule has 0 amide bonds. The Kier molecular flexibility index (Phi) is 7.67. The maximum absolute atomic E-state index is 13.6. The second-order valence-electron chi connectivity index (χ2n) is 8.03. The summed E-state index contributed by atoms with van der Waals surface area (Å²) in [6.07, 6.45) is 1.03. The van der Waals surface area contributed by atoms with Crippen LogP contribution in [0.15, 0.2) is 83.8 Å². The first-order valence-corrected chi connectivity index (χ1v) is 12.7. The van der Waals surface area contributed by atoms with Gasteiger partial charge in [-0.15, -0.1) is 0 Å². The van der Waals surface area contributed by atoms with Crippen LogP contribution < -0.4 is 10.2 Å². The summed E-state index contributed by atoms with van der Waals surface area (Å²) in [5.74, 6) is 0.637. The molecule has 1 heterocycles. The zero-order valence-corrected chi connectivity index (χ0v) is 19.6. The van der Waals surface area contributed by atoms with Crippen LogP contribution in [0.4, 0.5) is 0 Å². The van der Waals surface area contributed by atoms with Gasteiger partial charge in [-0.1, -0.05) is 54.1 Å². The van der Waals surface area contributed by atoms with E-state index in [0.29, 0.717) is 43.4 Å². The maximum atomic E-state index is 13.6. The largest absolute Gasteiger partial charge is 0.456 e. The van der Waals surface area contributed by atoms with Crippen molar-refractivity contribution in [2.75, 3.05) is 19.0 Å². The molecule has 8 heteroatoms. The fourth-order valence-corrected chi connectivity index (χ4v) is 5.81. The quantitative estimate of drug-likeness (QED) is 0.419. The van der Waals surface area contributed by atoms with Crippen molar-refractivity contribution >= 4 is 21.4 Å². The van der Waals surface area contributed by atoms with Gasteiger partial charge >= 0.3 is 0 Å². The van der Waals surface area contributed by atoms with Gasteiger partial charge in [0.1, 0.15) is 16.4 Å². The molecule has 1 aliphatic heterocycles. The molecule has 0 unspecified atom stereocenters. The molecule has 1 aliphatic rings. The lowest BCUT2D eigenvalue weighted by molar-refractivity contribution is -0.0672. The van der Waals surface area contributed by atoms with E-state index in [0.717, 1.165) is 5.56 Å². The molecular weight excluding hydrogens is 462 g/mol. The van der Waals surface area contributed by atoms with E-state index in [1.807, 2.05) is 30.3 Å². The Morgan fingerprint density at radius 3 is 2.30 bits per heavy atom. The monoisotopic (exact) mass is 487 g/mol. The van der Waals surface area contributed by atoms with Gasteiger partial charge in [0.25, 0.3) is 0 Å². The third-order valence-electron chi connectivity index (χ3n) is 5.51. The third kappa shape index (κ3) is 6.34. The first-order chi connectivity index (χ1) is 16.0. The van der Waals surface area contributed by atoms with Crippen LogP contribution in [-0.2, 0) is 26.0 Å². The van der Waals surface area contributed by atoms with E-state index in [-0.39, 0.29) is 16.4 Å². The number of nitrogens with one attached hydrogen (secondary N) is 1. The molecule has 6 nitrogen and oxygen atoms in total. The molecular formula is C25H26ClNO5S. The number of sulfone groups is 1. The highest BCUT2D eigenvalue weighted by Gasteiger charge is 2.39. The Labute approximate surface area is 199 Å². The van der Waals surface area contributed by atoms with Crippen LogP contribution in [0.25, 0.3) is 0 Å². The van der Waals surface area contributed by atoms with E-state index < -0.39 is 15.4 Å². The van der Waals surface area contributed by atoms with Crippen molar-refractivity contribution in [2.45, 2.75) is 29.9 Å². The van der Waals surface area contributed by atoms with Gasteiger partial charge in [-0.2, -0.15) is 5.48 Å². The second-order valence-corrected chi connectivity index (χ2v) is 10.4. The van der Waals surface area contributed by atoms with E-state index in [1.165, 1.54) is 0 Å². The molecule has 3 aromatic rings. The molecule has 0 radical (unpaired) electrons. The van der Waals surface area contributed by atoms with Crippen LogP contribution in [0.2, 0.25) is 5.02 Å². The summed E-state index contributed by atoms with van der Waals surface area (Å²) in [6.45, 7) is 1.25. The summed E-state index contributed by atoms with van der Waals surface area (Å²) in [5, 5.41) is 0.575. The first kappa shape index (κ1) is 23.7. The van der Waals surface area contributed by atoms with E-state index in [4.69, 9.17) is 25.9 Å². The molecule has 0 aromatic heterocycles. The fourth-order valence-electron chi connectivity index (χ4n) is 3.75. The van der Waals surface area contributed by atoms with Gasteiger partial charge in [-0.3, -0.25) is 4.84 Å². The minimum absolute atomic E-state index is 0.135. The predicted molar refractivity (Wildman–Crippen MR) is 127 cm³/mol. The van der Waals surface area contributed by atoms with Crippen molar-refractivity contribution < 1.29 is 22.7 Å². The molecule has 4 rings (SSSR count). The molecule has 3 aromatic carbocycles. The number of hydrogen-bond donors (Lipinski definition) is 1. The van der Waals surface area contributed by atoms with E-state index >= 15 is 0 Å². The van der Waals surface area contributed by atoms with Crippen molar-refractivity contribution in [1.82, 2.24) is 5.48 Å². The fraction of sp³-hybridized carbons (Fsp3) is 0.280. The Morgan fingerprint density at radius 1 is 0.909 bits per heavy atom. The van der Waals surface area contributed by atoms with Crippen LogP contribution in [0, 0.1) is 0 Å². The highest BCUT2D eigenvalue weighted by atomic mass is 35.5. The van der Waals surface area contributed by atoms with Gasteiger partial charge < -0.3 is 9.47 Å².